The molecule has 0 amide bonds. The van der Waals surface area contributed by atoms with Gasteiger partial charge in [-0.3, -0.25) is 4.99 Å². The Hall–Kier alpha value is -1.55. The van der Waals surface area contributed by atoms with Crippen molar-refractivity contribution in [1.82, 2.24) is 5.32 Å². The van der Waals surface area contributed by atoms with E-state index in [1.807, 2.05) is 6.92 Å². The first kappa shape index (κ1) is 14.5. The fourth-order valence-corrected chi connectivity index (χ4v) is 1.67. The first-order valence-corrected chi connectivity index (χ1v) is 6.34. The van der Waals surface area contributed by atoms with Gasteiger partial charge >= 0.3 is 0 Å². The van der Waals surface area contributed by atoms with Crippen LogP contribution in [0.4, 0.5) is 5.69 Å². The molecule has 3 N–H and O–H groups in total. The summed E-state index contributed by atoms with van der Waals surface area (Å²) in [4.78, 5) is 3.95. The number of nitrogens with zero attached hydrogens (tertiary/aromatic N) is 1. The molecule has 0 bridgehead atoms. The third kappa shape index (κ3) is 5.68. The van der Waals surface area contributed by atoms with Crippen LogP contribution in [0.15, 0.2) is 29.3 Å². The van der Waals surface area contributed by atoms with Crippen molar-refractivity contribution in [2.24, 2.45) is 4.99 Å². The standard InChI is InChI=1S/C9H12N2O.C5H11N/c1-7(10-2)11-8-3-5-9(12)6-4-8;1-5-3-2-4-6-5/h3-6,12H,1-2H3,(H,10,11);5-6H,2-4H2,1H3. The molecule has 1 aromatic carbocycles. The van der Waals surface area contributed by atoms with Crippen molar-refractivity contribution in [1.29, 1.82) is 0 Å². The fraction of sp³-hybridized carbons (Fsp3) is 0.500. The monoisotopic (exact) mass is 249 g/mol. The van der Waals surface area contributed by atoms with E-state index in [9.17, 15) is 0 Å². The number of aromatic hydroxyl groups is 1. The number of rotatable bonds is 1. The lowest BCUT2D eigenvalue weighted by atomic mass is 10.3. The molecule has 4 nitrogen and oxygen atoms in total. The lowest BCUT2D eigenvalue weighted by Crippen LogP contribution is -2.16. The molecule has 1 aliphatic heterocycles. The number of benzene rings is 1. The molecule has 1 fully saturated rings. The average Bonchev–Trinajstić information content (AvgIpc) is 2.84. The Morgan fingerprint density at radius 3 is 2.44 bits per heavy atom. The molecule has 0 aliphatic carbocycles. The molecule has 1 heterocycles. The molecule has 100 valence electrons. The smallest absolute Gasteiger partial charge is 0.115 e. The van der Waals surface area contributed by atoms with Crippen LogP contribution < -0.4 is 10.6 Å². The number of phenolic OH excluding ortho intramolecular Hbond substituents is 1. The van der Waals surface area contributed by atoms with Gasteiger partial charge in [0.25, 0.3) is 0 Å². The average molecular weight is 249 g/mol. The summed E-state index contributed by atoms with van der Waals surface area (Å²) in [5, 5.41) is 15.4. The highest BCUT2D eigenvalue weighted by atomic mass is 16.3. The van der Waals surface area contributed by atoms with Crippen LogP contribution in [0.2, 0.25) is 0 Å². The van der Waals surface area contributed by atoms with E-state index in [1.165, 1.54) is 19.4 Å². The summed E-state index contributed by atoms with van der Waals surface area (Å²) < 4.78 is 0. The van der Waals surface area contributed by atoms with Gasteiger partial charge in [0.1, 0.15) is 5.75 Å². The number of aliphatic imine (C=N–C) groups is 1. The first-order chi connectivity index (χ1) is 8.61. The zero-order chi connectivity index (χ0) is 13.4. The van der Waals surface area contributed by atoms with Crippen LogP contribution >= 0.6 is 0 Å². The zero-order valence-electron chi connectivity index (χ0n) is 11.4. The van der Waals surface area contributed by atoms with Crippen molar-refractivity contribution in [2.75, 3.05) is 18.9 Å². The van der Waals surface area contributed by atoms with Gasteiger partial charge < -0.3 is 15.7 Å². The van der Waals surface area contributed by atoms with E-state index in [4.69, 9.17) is 5.11 Å². The Morgan fingerprint density at radius 1 is 1.39 bits per heavy atom. The second kappa shape index (κ2) is 7.71. The Balaban J connectivity index is 0.000000225. The van der Waals surface area contributed by atoms with Gasteiger partial charge in [0, 0.05) is 18.8 Å². The molecule has 1 atom stereocenters. The molecular formula is C14H23N3O. The molecule has 1 saturated heterocycles. The van der Waals surface area contributed by atoms with E-state index in [0.717, 1.165) is 17.6 Å². The Morgan fingerprint density at radius 2 is 2.06 bits per heavy atom. The molecule has 0 aromatic heterocycles. The van der Waals surface area contributed by atoms with Gasteiger partial charge in [-0.15, -0.1) is 0 Å². The van der Waals surface area contributed by atoms with Crippen molar-refractivity contribution in [2.45, 2.75) is 32.7 Å². The molecule has 1 aromatic rings. The van der Waals surface area contributed by atoms with Gasteiger partial charge in [0.15, 0.2) is 0 Å². The van der Waals surface area contributed by atoms with Crippen molar-refractivity contribution in [3.63, 3.8) is 0 Å². The first-order valence-electron chi connectivity index (χ1n) is 6.34. The summed E-state index contributed by atoms with van der Waals surface area (Å²) >= 11 is 0. The molecule has 0 saturated carbocycles. The third-order valence-corrected chi connectivity index (χ3v) is 2.83. The number of anilines is 1. The van der Waals surface area contributed by atoms with Crippen LogP contribution in [0, 0.1) is 0 Å². The highest BCUT2D eigenvalue weighted by molar-refractivity contribution is 5.93. The van der Waals surface area contributed by atoms with E-state index in [1.54, 1.807) is 31.3 Å². The lowest BCUT2D eigenvalue weighted by molar-refractivity contribution is 0.475. The quantitative estimate of drug-likeness (QED) is 0.407. The van der Waals surface area contributed by atoms with Crippen molar-refractivity contribution >= 4 is 11.5 Å². The number of phenols is 1. The van der Waals surface area contributed by atoms with E-state index in [-0.39, 0.29) is 5.75 Å². The second-order valence-corrected chi connectivity index (χ2v) is 4.48. The predicted octanol–water partition coefficient (Wildman–Crippen LogP) is 2.61. The van der Waals surface area contributed by atoms with E-state index < -0.39 is 0 Å². The van der Waals surface area contributed by atoms with Crippen molar-refractivity contribution in [3.8, 4) is 5.75 Å². The molecule has 1 aliphatic rings. The third-order valence-electron chi connectivity index (χ3n) is 2.83. The van der Waals surface area contributed by atoms with Gasteiger partial charge in [-0.1, -0.05) is 0 Å². The van der Waals surface area contributed by atoms with E-state index >= 15 is 0 Å². The van der Waals surface area contributed by atoms with Crippen LogP contribution in [0.25, 0.3) is 0 Å². The van der Waals surface area contributed by atoms with Crippen LogP contribution in [0.1, 0.15) is 26.7 Å². The molecule has 18 heavy (non-hydrogen) atoms. The molecule has 4 heteroatoms. The van der Waals surface area contributed by atoms with E-state index in [0.29, 0.717) is 0 Å². The summed E-state index contributed by atoms with van der Waals surface area (Å²) in [6.07, 6.45) is 2.75. The second-order valence-electron chi connectivity index (χ2n) is 4.48. The van der Waals surface area contributed by atoms with Gasteiger partial charge in [0.2, 0.25) is 0 Å². The summed E-state index contributed by atoms with van der Waals surface area (Å²) in [6, 6.07) is 7.65. The minimum Gasteiger partial charge on any atom is -0.508 e. The largest absolute Gasteiger partial charge is 0.508 e. The highest BCUT2D eigenvalue weighted by Gasteiger charge is 2.05. The maximum absolute atomic E-state index is 8.99. The van der Waals surface area contributed by atoms with Crippen LogP contribution in [-0.2, 0) is 0 Å². The molecular weight excluding hydrogens is 226 g/mol. The number of nitrogens with one attached hydrogen (secondary N) is 2. The molecule has 1 unspecified atom stereocenters. The number of hydrogen-bond donors (Lipinski definition) is 3. The van der Waals surface area contributed by atoms with Crippen LogP contribution in [-0.4, -0.2) is 30.6 Å². The van der Waals surface area contributed by atoms with Gasteiger partial charge in [0.05, 0.1) is 5.84 Å². The van der Waals surface area contributed by atoms with Crippen LogP contribution in [0.5, 0.6) is 5.75 Å². The summed E-state index contributed by atoms with van der Waals surface area (Å²) in [5.41, 5.74) is 0.927. The van der Waals surface area contributed by atoms with Gasteiger partial charge in [-0.05, 0) is 57.5 Å². The normalized spacial score (nSPS) is 19.1. The Labute approximate surface area is 109 Å². The topological polar surface area (TPSA) is 56.7 Å². The minimum absolute atomic E-state index is 0.270. The molecule has 0 spiro atoms. The maximum Gasteiger partial charge on any atom is 0.115 e. The highest BCUT2D eigenvalue weighted by Crippen LogP contribution is 2.13. The Kier molecular flexibility index (Phi) is 6.22. The number of amidine groups is 1. The zero-order valence-corrected chi connectivity index (χ0v) is 11.4. The number of hydrogen-bond acceptors (Lipinski definition) is 3. The van der Waals surface area contributed by atoms with Crippen molar-refractivity contribution in [3.05, 3.63) is 24.3 Å². The van der Waals surface area contributed by atoms with Gasteiger partial charge in [-0.2, -0.15) is 0 Å². The maximum atomic E-state index is 8.99. The summed E-state index contributed by atoms with van der Waals surface area (Å²) in [6.45, 7) is 5.35. The minimum atomic E-state index is 0.270. The molecule has 2 rings (SSSR count). The SMILES string of the molecule is CC1CCCN1.CN=C(C)Nc1ccc(O)cc1. The molecule has 0 radical (unpaired) electrons. The predicted molar refractivity (Wildman–Crippen MR) is 77.5 cm³/mol. The Bertz CT molecular complexity index is 367. The van der Waals surface area contributed by atoms with Crippen molar-refractivity contribution < 1.29 is 5.11 Å². The summed E-state index contributed by atoms with van der Waals surface area (Å²) in [5.74, 6) is 1.12. The van der Waals surface area contributed by atoms with Crippen LogP contribution in [0.3, 0.4) is 0 Å². The van der Waals surface area contributed by atoms with Gasteiger partial charge in [-0.25, -0.2) is 0 Å². The lowest BCUT2D eigenvalue weighted by Gasteiger charge is -2.03. The summed E-state index contributed by atoms with van der Waals surface area (Å²) in [7, 11) is 1.72. The fourth-order valence-electron chi connectivity index (χ4n) is 1.67. The van der Waals surface area contributed by atoms with E-state index in [2.05, 4.69) is 22.5 Å².